The molecule has 3 aromatic rings. The van der Waals surface area contributed by atoms with E-state index in [2.05, 4.69) is 34.1 Å². The summed E-state index contributed by atoms with van der Waals surface area (Å²) in [7, 11) is 0. The number of hydrogen-bond acceptors (Lipinski definition) is 6. The number of rotatable bonds is 5. The van der Waals surface area contributed by atoms with Gasteiger partial charge in [-0.1, -0.05) is 35.5 Å². The van der Waals surface area contributed by atoms with E-state index in [-0.39, 0.29) is 0 Å². The van der Waals surface area contributed by atoms with E-state index in [0.717, 1.165) is 47.6 Å². The van der Waals surface area contributed by atoms with Gasteiger partial charge < -0.3 is 15.4 Å². The number of halogens is 1. The molecule has 1 aliphatic heterocycles. The lowest BCUT2D eigenvalue weighted by atomic mass is 10.1. The fourth-order valence-corrected chi connectivity index (χ4v) is 4.31. The molecule has 0 unspecified atom stereocenters. The van der Waals surface area contributed by atoms with Crippen molar-refractivity contribution in [1.82, 2.24) is 9.97 Å². The van der Waals surface area contributed by atoms with Gasteiger partial charge in [0.25, 0.3) is 0 Å². The number of aromatic nitrogens is 2. The second-order valence-electron chi connectivity index (χ2n) is 7.00. The first-order chi connectivity index (χ1) is 14.1. The summed E-state index contributed by atoms with van der Waals surface area (Å²) in [4.78, 5) is 12.7. The molecule has 0 bridgehead atoms. The van der Waals surface area contributed by atoms with Crippen molar-refractivity contribution in [3.8, 4) is 0 Å². The Morgan fingerprint density at radius 1 is 1.14 bits per heavy atom. The highest BCUT2D eigenvalue weighted by Crippen LogP contribution is 2.32. The summed E-state index contributed by atoms with van der Waals surface area (Å²) in [5, 5.41) is 1.49. The molecule has 1 aromatic heterocycles. The van der Waals surface area contributed by atoms with Gasteiger partial charge in [0.1, 0.15) is 10.9 Å². The quantitative estimate of drug-likeness (QED) is 0.475. The average molecular weight is 427 g/mol. The van der Waals surface area contributed by atoms with E-state index in [0.29, 0.717) is 17.1 Å². The van der Waals surface area contributed by atoms with E-state index in [1.807, 2.05) is 31.3 Å². The third kappa shape index (κ3) is 5.01. The minimum atomic E-state index is 0.558. The summed E-state index contributed by atoms with van der Waals surface area (Å²) in [6.07, 6.45) is 2.57. The van der Waals surface area contributed by atoms with Crippen LogP contribution in [-0.4, -0.2) is 36.3 Å². The van der Waals surface area contributed by atoms with Crippen LogP contribution < -0.4 is 10.6 Å². The standard InChI is InChI=1S/C22H23ClN4OS/c1-15-14-25-21(26-22(15)29-18-6-7-20(24)19(23)13-18)12-16-2-4-17(5-3-16)27-8-10-28-11-9-27/h2-7,13-14H,8-12,24H2,1H3. The summed E-state index contributed by atoms with van der Waals surface area (Å²) in [6.45, 7) is 5.48. The van der Waals surface area contributed by atoms with E-state index in [1.54, 1.807) is 11.8 Å². The van der Waals surface area contributed by atoms with Crippen LogP contribution in [0.2, 0.25) is 5.02 Å². The molecule has 1 aliphatic rings. The summed E-state index contributed by atoms with van der Waals surface area (Å²) in [5.74, 6) is 0.804. The van der Waals surface area contributed by atoms with Crippen LogP contribution in [-0.2, 0) is 11.2 Å². The highest BCUT2D eigenvalue weighted by molar-refractivity contribution is 7.99. The van der Waals surface area contributed by atoms with Gasteiger partial charge in [-0.05, 0) is 48.4 Å². The first-order valence-corrected chi connectivity index (χ1v) is 10.7. The maximum Gasteiger partial charge on any atom is 0.133 e. The van der Waals surface area contributed by atoms with Gasteiger partial charge in [0.2, 0.25) is 0 Å². The second-order valence-corrected chi connectivity index (χ2v) is 8.47. The van der Waals surface area contributed by atoms with E-state index in [1.165, 1.54) is 11.3 Å². The molecule has 150 valence electrons. The van der Waals surface area contributed by atoms with E-state index >= 15 is 0 Å². The number of aryl methyl sites for hydroxylation is 1. The first-order valence-electron chi connectivity index (χ1n) is 9.55. The number of hydrogen-bond donors (Lipinski definition) is 1. The molecule has 1 fully saturated rings. The minimum Gasteiger partial charge on any atom is -0.398 e. The molecule has 0 atom stereocenters. The normalized spacial score (nSPS) is 14.2. The molecule has 5 nitrogen and oxygen atoms in total. The van der Waals surface area contributed by atoms with Gasteiger partial charge in [-0.15, -0.1) is 0 Å². The molecule has 0 spiro atoms. The molecule has 0 saturated carbocycles. The second kappa shape index (κ2) is 9.03. The monoisotopic (exact) mass is 426 g/mol. The smallest absolute Gasteiger partial charge is 0.133 e. The van der Waals surface area contributed by atoms with Crippen LogP contribution in [0, 0.1) is 6.92 Å². The van der Waals surface area contributed by atoms with Gasteiger partial charge in [-0.25, -0.2) is 9.97 Å². The topological polar surface area (TPSA) is 64.3 Å². The number of benzene rings is 2. The van der Waals surface area contributed by atoms with E-state index in [9.17, 15) is 0 Å². The predicted molar refractivity (Wildman–Crippen MR) is 119 cm³/mol. The van der Waals surface area contributed by atoms with Crippen LogP contribution in [0.1, 0.15) is 17.0 Å². The van der Waals surface area contributed by atoms with Crippen LogP contribution in [0.4, 0.5) is 11.4 Å². The summed E-state index contributed by atoms with van der Waals surface area (Å²) in [5.41, 5.74) is 9.85. The van der Waals surface area contributed by atoms with Crippen molar-refractivity contribution >= 4 is 34.7 Å². The van der Waals surface area contributed by atoms with Gasteiger partial charge in [-0.2, -0.15) is 0 Å². The fraction of sp³-hybridized carbons (Fsp3) is 0.273. The van der Waals surface area contributed by atoms with Gasteiger partial charge in [0.05, 0.1) is 23.9 Å². The molecule has 7 heteroatoms. The summed E-state index contributed by atoms with van der Waals surface area (Å²) in [6, 6.07) is 14.3. The molecule has 0 radical (unpaired) electrons. The van der Waals surface area contributed by atoms with Crippen LogP contribution >= 0.6 is 23.4 Å². The Labute approximate surface area is 180 Å². The zero-order chi connectivity index (χ0) is 20.2. The number of nitrogen functional groups attached to an aromatic ring is 1. The van der Waals surface area contributed by atoms with Crippen molar-refractivity contribution in [3.63, 3.8) is 0 Å². The third-order valence-corrected chi connectivity index (χ3v) is 6.26. The van der Waals surface area contributed by atoms with Crippen molar-refractivity contribution in [2.75, 3.05) is 36.9 Å². The maximum absolute atomic E-state index is 6.15. The lowest BCUT2D eigenvalue weighted by molar-refractivity contribution is 0.122. The van der Waals surface area contributed by atoms with Gasteiger partial charge in [0, 0.05) is 36.3 Å². The summed E-state index contributed by atoms with van der Waals surface area (Å²) < 4.78 is 5.43. The van der Waals surface area contributed by atoms with Gasteiger partial charge in [0.15, 0.2) is 0 Å². The minimum absolute atomic E-state index is 0.558. The SMILES string of the molecule is Cc1cnc(Cc2ccc(N3CCOCC3)cc2)nc1Sc1ccc(N)c(Cl)c1. The van der Waals surface area contributed by atoms with E-state index in [4.69, 9.17) is 27.1 Å². The van der Waals surface area contributed by atoms with Crippen molar-refractivity contribution in [2.45, 2.75) is 23.3 Å². The number of ether oxygens (including phenoxy) is 1. The molecular formula is C22H23ClN4OS. The Kier molecular flexibility index (Phi) is 6.23. The maximum atomic E-state index is 6.15. The Balaban J connectivity index is 1.47. The van der Waals surface area contributed by atoms with Gasteiger partial charge in [-0.3, -0.25) is 0 Å². The third-order valence-electron chi connectivity index (χ3n) is 4.84. The first kappa shape index (κ1) is 20.0. The molecule has 29 heavy (non-hydrogen) atoms. The van der Waals surface area contributed by atoms with Crippen LogP contribution in [0.15, 0.2) is 58.6 Å². The molecule has 2 heterocycles. The Morgan fingerprint density at radius 2 is 1.90 bits per heavy atom. The lowest BCUT2D eigenvalue weighted by Crippen LogP contribution is -2.36. The van der Waals surface area contributed by atoms with Gasteiger partial charge >= 0.3 is 0 Å². The number of morpholine rings is 1. The Hall–Kier alpha value is -2.28. The molecule has 4 rings (SSSR count). The molecule has 2 N–H and O–H groups in total. The van der Waals surface area contributed by atoms with Crippen LogP contribution in [0.25, 0.3) is 0 Å². The van der Waals surface area contributed by atoms with Crippen molar-refractivity contribution < 1.29 is 4.74 Å². The van der Waals surface area contributed by atoms with Crippen LogP contribution in [0.3, 0.4) is 0 Å². The lowest BCUT2D eigenvalue weighted by Gasteiger charge is -2.28. The molecule has 0 aliphatic carbocycles. The van der Waals surface area contributed by atoms with Crippen LogP contribution in [0.5, 0.6) is 0 Å². The van der Waals surface area contributed by atoms with Crippen molar-refractivity contribution in [2.24, 2.45) is 0 Å². The number of nitrogens with zero attached hydrogens (tertiary/aromatic N) is 3. The average Bonchev–Trinajstić information content (AvgIpc) is 2.74. The Bertz CT molecular complexity index is 991. The molecular weight excluding hydrogens is 404 g/mol. The zero-order valence-corrected chi connectivity index (χ0v) is 17.8. The Morgan fingerprint density at radius 3 is 2.62 bits per heavy atom. The molecule has 2 aromatic carbocycles. The van der Waals surface area contributed by atoms with Crippen molar-refractivity contribution in [1.29, 1.82) is 0 Å². The molecule has 1 saturated heterocycles. The largest absolute Gasteiger partial charge is 0.398 e. The zero-order valence-electron chi connectivity index (χ0n) is 16.3. The number of nitrogens with two attached hydrogens (primary N) is 1. The summed E-state index contributed by atoms with van der Waals surface area (Å²) >= 11 is 7.72. The predicted octanol–water partition coefficient (Wildman–Crippen LogP) is 4.60. The highest BCUT2D eigenvalue weighted by Gasteiger charge is 2.12. The molecule has 0 amide bonds. The van der Waals surface area contributed by atoms with Crippen molar-refractivity contribution in [3.05, 3.63) is 70.6 Å². The number of anilines is 2. The van der Waals surface area contributed by atoms with E-state index < -0.39 is 0 Å². The fourth-order valence-electron chi connectivity index (χ4n) is 3.16. The highest BCUT2D eigenvalue weighted by atomic mass is 35.5.